The maximum Gasteiger partial charge on any atom is 0.317 e. The summed E-state index contributed by atoms with van der Waals surface area (Å²) in [7, 11) is 0. The minimum atomic E-state index is -0.679. The van der Waals surface area contributed by atoms with E-state index in [1.807, 2.05) is 0 Å². The van der Waals surface area contributed by atoms with Gasteiger partial charge in [-0.25, -0.2) is 0 Å². The summed E-state index contributed by atoms with van der Waals surface area (Å²) in [6, 6.07) is 0.983. The number of carboxylic acid groups (broad SMARTS) is 1. The van der Waals surface area contributed by atoms with Crippen molar-refractivity contribution < 1.29 is 9.90 Å². The number of hydrogen-bond acceptors (Lipinski definition) is 2. The largest absolute Gasteiger partial charge is 0.480 e. The smallest absolute Gasteiger partial charge is 0.317 e. The SMILES string of the molecule is CCCC(CC)N(CC(=O)O)C1CCCC1. The van der Waals surface area contributed by atoms with Gasteiger partial charge in [-0.3, -0.25) is 9.69 Å². The maximum absolute atomic E-state index is 10.9. The van der Waals surface area contributed by atoms with Gasteiger partial charge in [0, 0.05) is 12.1 Å². The van der Waals surface area contributed by atoms with Crippen molar-refractivity contribution >= 4 is 5.97 Å². The van der Waals surface area contributed by atoms with E-state index in [-0.39, 0.29) is 6.54 Å². The molecule has 0 aromatic heterocycles. The highest BCUT2D eigenvalue weighted by Gasteiger charge is 2.28. The van der Waals surface area contributed by atoms with Gasteiger partial charge in [-0.2, -0.15) is 0 Å². The molecule has 3 heteroatoms. The summed E-state index contributed by atoms with van der Waals surface area (Å²) < 4.78 is 0. The second-order valence-electron chi connectivity index (χ2n) is 4.86. The Kier molecular flexibility index (Phi) is 5.81. The van der Waals surface area contributed by atoms with E-state index in [4.69, 9.17) is 5.11 Å². The fourth-order valence-electron chi connectivity index (χ4n) is 2.89. The molecule has 1 aliphatic rings. The maximum atomic E-state index is 10.9. The van der Waals surface area contributed by atoms with Crippen LogP contribution in [0.5, 0.6) is 0 Å². The average molecular weight is 227 g/mol. The summed E-state index contributed by atoms with van der Waals surface area (Å²) in [6.45, 7) is 4.57. The molecule has 1 saturated carbocycles. The molecular weight excluding hydrogens is 202 g/mol. The van der Waals surface area contributed by atoms with Gasteiger partial charge in [0.2, 0.25) is 0 Å². The molecular formula is C13H25NO2. The summed E-state index contributed by atoms with van der Waals surface area (Å²) >= 11 is 0. The molecule has 0 saturated heterocycles. The lowest BCUT2D eigenvalue weighted by Gasteiger charge is -2.34. The van der Waals surface area contributed by atoms with Crippen molar-refractivity contribution in [2.75, 3.05) is 6.54 Å². The van der Waals surface area contributed by atoms with Gasteiger partial charge < -0.3 is 5.11 Å². The molecule has 0 spiro atoms. The molecule has 0 heterocycles. The van der Waals surface area contributed by atoms with Crippen molar-refractivity contribution in [2.24, 2.45) is 0 Å². The highest BCUT2D eigenvalue weighted by atomic mass is 16.4. The molecule has 1 fully saturated rings. The number of carboxylic acids is 1. The van der Waals surface area contributed by atoms with Crippen molar-refractivity contribution in [3.8, 4) is 0 Å². The van der Waals surface area contributed by atoms with Crippen molar-refractivity contribution in [2.45, 2.75) is 70.9 Å². The van der Waals surface area contributed by atoms with Crippen LogP contribution in [0.3, 0.4) is 0 Å². The second-order valence-corrected chi connectivity index (χ2v) is 4.86. The fraction of sp³-hybridized carbons (Fsp3) is 0.923. The first kappa shape index (κ1) is 13.5. The van der Waals surface area contributed by atoms with E-state index in [1.54, 1.807) is 0 Å². The van der Waals surface area contributed by atoms with Crippen LogP contribution in [0.25, 0.3) is 0 Å². The van der Waals surface area contributed by atoms with Crippen LogP contribution in [0.4, 0.5) is 0 Å². The Bertz CT molecular complexity index is 212. The van der Waals surface area contributed by atoms with E-state index < -0.39 is 5.97 Å². The topological polar surface area (TPSA) is 40.5 Å². The van der Waals surface area contributed by atoms with Gasteiger partial charge in [-0.1, -0.05) is 33.1 Å². The van der Waals surface area contributed by atoms with Crippen LogP contribution < -0.4 is 0 Å². The van der Waals surface area contributed by atoms with Crippen molar-refractivity contribution in [3.63, 3.8) is 0 Å². The first-order valence-electron chi connectivity index (χ1n) is 6.66. The van der Waals surface area contributed by atoms with Gasteiger partial charge in [-0.15, -0.1) is 0 Å². The normalized spacial score (nSPS) is 19.2. The summed E-state index contributed by atoms with van der Waals surface area (Å²) in [5.41, 5.74) is 0. The summed E-state index contributed by atoms with van der Waals surface area (Å²) in [6.07, 6.45) is 8.24. The monoisotopic (exact) mass is 227 g/mol. The van der Waals surface area contributed by atoms with Gasteiger partial charge in [0.15, 0.2) is 0 Å². The van der Waals surface area contributed by atoms with Gasteiger partial charge in [0.1, 0.15) is 0 Å². The first-order chi connectivity index (χ1) is 7.69. The molecule has 0 bridgehead atoms. The Balaban J connectivity index is 2.62. The molecule has 1 unspecified atom stereocenters. The molecule has 16 heavy (non-hydrogen) atoms. The number of carbonyl (C=O) groups is 1. The van der Waals surface area contributed by atoms with E-state index in [1.165, 1.54) is 25.7 Å². The van der Waals surface area contributed by atoms with Crippen LogP contribution >= 0.6 is 0 Å². The molecule has 0 radical (unpaired) electrons. The number of aliphatic carboxylic acids is 1. The highest BCUT2D eigenvalue weighted by molar-refractivity contribution is 5.69. The minimum Gasteiger partial charge on any atom is -0.480 e. The van der Waals surface area contributed by atoms with Crippen molar-refractivity contribution in [1.82, 2.24) is 4.90 Å². The van der Waals surface area contributed by atoms with Crippen LogP contribution in [-0.4, -0.2) is 34.6 Å². The highest BCUT2D eigenvalue weighted by Crippen LogP contribution is 2.27. The van der Waals surface area contributed by atoms with Gasteiger partial charge in [0.25, 0.3) is 0 Å². The van der Waals surface area contributed by atoms with Crippen LogP contribution in [-0.2, 0) is 4.79 Å². The van der Waals surface area contributed by atoms with Gasteiger partial charge >= 0.3 is 5.97 Å². The van der Waals surface area contributed by atoms with E-state index in [0.717, 1.165) is 19.3 Å². The van der Waals surface area contributed by atoms with E-state index in [2.05, 4.69) is 18.7 Å². The second kappa shape index (κ2) is 6.89. The third kappa shape index (κ3) is 3.78. The van der Waals surface area contributed by atoms with Crippen molar-refractivity contribution in [1.29, 1.82) is 0 Å². The zero-order valence-electron chi connectivity index (χ0n) is 10.6. The summed E-state index contributed by atoms with van der Waals surface area (Å²) in [4.78, 5) is 13.2. The molecule has 1 aliphatic carbocycles. The van der Waals surface area contributed by atoms with Gasteiger partial charge in [0.05, 0.1) is 6.54 Å². The third-order valence-electron chi connectivity index (χ3n) is 3.67. The Morgan fingerprint density at radius 3 is 2.44 bits per heavy atom. The molecule has 0 aromatic carbocycles. The predicted molar refractivity (Wildman–Crippen MR) is 65.6 cm³/mol. The third-order valence-corrected chi connectivity index (χ3v) is 3.67. The first-order valence-corrected chi connectivity index (χ1v) is 6.66. The van der Waals surface area contributed by atoms with Gasteiger partial charge in [-0.05, 0) is 25.7 Å². The summed E-state index contributed by atoms with van der Waals surface area (Å²) in [5.74, 6) is -0.679. The lowest BCUT2D eigenvalue weighted by molar-refractivity contribution is -0.139. The van der Waals surface area contributed by atoms with Crippen LogP contribution in [0, 0.1) is 0 Å². The lowest BCUT2D eigenvalue weighted by Crippen LogP contribution is -2.44. The lowest BCUT2D eigenvalue weighted by atomic mass is 10.0. The molecule has 0 aliphatic heterocycles. The summed E-state index contributed by atoms with van der Waals surface area (Å²) in [5, 5.41) is 9.02. The standard InChI is InChI=1S/C13H25NO2/c1-3-7-11(4-2)14(10-13(15)16)12-8-5-6-9-12/h11-12H,3-10H2,1-2H3,(H,15,16). The Morgan fingerprint density at radius 2 is 2.00 bits per heavy atom. The average Bonchev–Trinajstić information content (AvgIpc) is 2.76. The number of rotatable bonds is 7. The zero-order chi connectivity index (χ0) is 12.0. The molecule has 1 atom stereocenters. The van der Waals surface area contributed by atoms with Crippen molar-refractivity contribution in [3.05, 3.63) is 0 Å². The molecule has 0 amide bonds. The quantitative estimate of drug-likeness (QED) is 0.727. The van der Waals surface area contributed by atoms with Crippen LogP contribution in [0.1, 0.15) is 58.8 Å². The Hall–Kier alpha value is -0.570. The Labute approximate surface area is 98.8 Å². The van der Waals surface area contributed by atoms with E-state index in [9.17, 15) is 4.79 Å². The Morgan fingerprint density at radius 1 is 1.38 bits per heavy atom. The predicted octanol–water partition coefficient (Wildman–Crippen LogP) is 2.89. The molecule has 1 rings (SSSR count). The molecule has 3 nitrogen and oxygen atoms in total. The number of nitrogens with zero attached hydrogens (tertiary/aromatic N) is 1. The fourth-order valence-corrected chi connectivity index (χ4v) is 2.89. The van der Waals surface area contributed by atoms with E-state index in [0.29, 0.717) is 12.1 Å². The molecule has 1 N–H and O–H groups in total. The van der Waals surface area contributed by atoms with E-state index >= 15 is 0 Å². The van der Waals surface area contributed by atoms with Crippen LogP contribution in [0.2, 0.25) is 0 Å². The van der Waals surface area contributed by atoms with Crippen LogP contribution in [0.15, 0.2) is 0 Å². The number of hydrogen-bond donors (Lipinski definition) is 1. The zero-order valence-corrected chi connectivity index (χ0v) is 10.6. The molecule has 94 valence electrons. The molecule has 0 aromatic rings. The minimum absolute atomic E-state index is 0.225.